The minimum Gasteiger partial charge on any atom is -0.389 e. The summed E-state index contributed by atoms with van der Waals surface area (Å²) in [6, 6.07) is 4.51. The van der Waals surface area contributed by atoms with Crippen LogP contribution in [0.3, 0.4) is 0 Å². The number of aliphatic hydroxyl groups excluding tert-OH is 1. The number of nitro groups is 1. The van der Waals surface area contributed by atoms with Crippen LogP contribution >= 0.6 is 0 Å². The lowest BCUT2D eigenvalue weighted by Gasteiger charge is -2.12. The quantitative estimate of drug-likeness (QED) is 0.442. The molecule has 2 aromatic rings. The molecule has 0 aliphatic rings. The van der Waals surface area contributed by atoms with Gasteiger partial charge in [0.05, 0.1) is 49.1 Å². The van der Waals surface area contributed by atoms with Gasteiger partial charge in [0.2, 0.25) is 0 Å². The molecule has 0 amide bonds. The third-order valence-corrected chi connectivity index (χ3v) is 2.96. The number of benzene rings is 1. The molecule has 1 heterocycles. The molecule has 1 N–H and O–H groups in total. The van der Waals surface area contributed by atoms with E-state index in [-0.39, 0.29) is 18.8 Å². The maximum absolute atomic E-state index is 10.8. The van der Waals surface area contributed by atoms with Crippen molar-refractivity contribution < 1.29 is 19.5 Å². The Bertz CT molecular complexity index is 613. The van der Waals surface area contributed by atoms with E-state index in [9.17, 15) is 15.2 Å². The van der Waals surface area contributed by atoms with Crippen LogP contribution < -0.4 is 0 Å². The highest BCUT2D eigenvalue weighted by molar-refractivity contribution is 5.80. The van der Waals surface area contributed by atoms with Crippen molar-refractivity contribution in [3.8, 4) is 0 Å². The van der Waals surface area contributed by atoms with E-state index in [0.717, 1.165) is 5.39 Å². The summed E-state index contributed by atoms with van der Waals surface area (Å²) < 4.78 is 11.6. The zero-order chi connectivity index (χ0) is 15.2. The number of hydrogen-bond donors (Lipinski definition) is 1. The number of nitrogens with zero attached hydrogens (tertiary/aromatic N) is 3. The number of fused-ring (bicyclic) bond motifs is 1. The summed E-state index contributed by atoms with van der Waals surface area (Å²) in [7, 11) is 1.57. The van der Waals surface area contributed by atoms with Crippen molar-refractivity contribution >= 4 is 16.6 Å². The summed E-state index contributed by atoms with van der Waals surface area (Å²) in [4.78, 5) is 10.3. The zero-order valence-corrected chi connectivity index (χ0v) is 11.6. The van der Waals surface area contributed by atoms with Gasteiger partial charge >= 0.3 is 0 Å². The number of non-ortho nitro benzene ring substituents is 1. The van der Waals surface area contributed by atoms with Crippen LogP contribution in [0.1, 0.15) is 0 Å². The molecule has 0 saturated heterocycles. The Morgan fingerprint density at radius 1 is 1.48 bits per heavy atom. The average Bonchev–Trinajstić information content (AvgIpc) is 2.86. The van der Waals surface area contributed by atoms with Gasteiger partial charge in [-0.3, -0.25) is 14.8 Å². The predicted molar refractivity (Wildman–Crippen MR) is 75.1 cm³/mol. The molecule has 2 rings (SSSR count). The van der Waals surface area contributed by atoms with E-state index in [1.165, 1.54) is 16.8 Å². The van der Waals surface area contributed by atoms with E-state index >= 15 is 0 Å². The number of aliphatic hydroxyl groups is 1. The number of methoxy groups -OCH3 is 1. The lowest BCUT2D eigenvalue weighted by atomic mass is 10.2. The fourth-order valence-corrected chi connectivity index (χ4v) is 1.93. The molecule has 114 valence electrons. The van der Waals surface area contributed by atoms with Gasteiger partial charge in [0.1, 0.15) is 0 Å². The Kier molecular flexibility index (Phi) is 5.20. The van der Waals surface area contributed by atoms with Gasteiger partial charge in [-0.15, -0.1) is 0 Å². The number of ether oxygens (including phenoxy) is 2. The second-order valence-corrected chi connectivity index (χ2v) is 4.55. The Morgan fingerprint density at radius 3 is 3.00 bits per heavy atom. The molecule has 8 nitrogen and oxygen atoms in total. The lowest BCUT2D eigenvalue weighted by molar-refractivity contribution is -0.384. The molecule has 0 aliphatic heterocycles. The number of hydrogen-bond acceptors (Lipinski definition) is 6. The zero-order valence-electron chi connectivity index (χ0n) is 11.6. The van der Waals surface area contributed by atoms with Gasteiger partial charge in [-0.1, -0.05) is 0 Å². The second-order valence-electron chi connectivity index (χ2n) is 4.55. The molecule has 0 radical (unpaired) electrons. The first-order chi connectivity index (χ1) is 10.1. The minimum atomic E-state index is -0.746. The summed E-state index contributed by atoms with van der Waals surface area (Å²) in [5.74, 6) is 0. The maximum Gasteiger partial charge on any atom is 0.271 e. The largest absolute Gasteiger partial charge is 0.389 e. The first kappa shape index (κ1) is 15.4. The van der Waals surface area contributed by atoms with Gasteiger partial charge in [-0.25, -0.2) is 0 Å². The molecule has 0 aliphatic carbocycles. The van der Waals surface area contributed by atoms with Gasteiger partial charge in [-0.05, 0) is 6.07 Å². The minimum absolute atomic E-state index is 0.00455. The van der Waals surface area contributed by atoms with E-state index in [1.54, 1.807) is 19.4 Å². The van der Waals surface area contributed by atoms with Crippen LogP contribution in [0, 0.1) is 10.1 Å². The first-order valence-electron chi connectivity index (χ1n) is 6.46. The number of aromatic nitrogens is 2. The molecule has 0 bridgehead atoms. The smallest absolute Gasteiger partial charge is 0.271 e. The third kappa shape index (κ3) is 3.97. The van der Waals surface area contributed by atoms with Crippen molar-refractivity contribution in [1.82, 2.24) is 9.78 Å². The van der Waals surface area contributed by atoms with Crippen molar-refractivity contribution in [3.05, 3.63) is 34.5 Å². The molecule has 1 aromatic carbocycles. The third-order valence-electron chi connectivity index (χ3n) is 2.96. The van der Waals surface area contributed by atoms with Crippen LogP contribution in [0.5, 0.6) is 0 Å². The number of rotatable bonds is 8. The Balaban J connectivity index is 2.04. The van der Waals surface area contributed by atoms with Gasteiger partial charge in [-0.2, -0.15) is 5.10 Å². The molecule has 8 heteroatoms. The molecular formula is C13H17N3O5. The van der Waals surface area contributed by atoms with Crippen LogP contribution in [0.15, 0.2) is 24.4 Å². The fourth-order valence-electron chi connectivity index (χ4n) is 1.93. The van der Waals surface area contributed by atoms with Crippen molar-refractivity contribution in [3.63, 3.8) is 0 Å². The van der Waals surface area contributed by atoms with Crippen molar-refractivity contribution in [2.75, 3.05) is 26.9 Å². The predicted octanol–water partition coefficient (Wildman–Crippen LogP) is 0.968. The Morgan fingerprint density at radius 2 is 2.29 bits per heavy atom. The standard InChI is InChI=1S/C13H17N3O5/c1-20-4-5-21-9-12(17)8-15-13-6-11(16(18)19)3-2-10(13)7-14-15/h2-3,6-7,12,17H,4-5,8-9H2,1H3. The maximum atomic E-state index is 10.8. The molecule has 21 heavy (non-hydrogen) atoms. The molecule has 1 atom stereocenters. The molecule has 1 unspecified atom stereocenters. The molecule has 0 spiro atoms. The average molecular weight is 295 g/mol. The molecular weight excluding hydrogens is 278 g/mol. The van der Waals surface area contributed by atoms with Crippen LogP contribution in [-0.4, -0.2) is 52.8 Å². The highest BCUT2D eigenvalue weighted by atomic mass is 16.6. The SMILES string of the molecule is COCCOCC(O)Cn1ncc2ccc([N+](=O)[O-])cc21. The van der Waals surface area contributed by atoms with E-state index < -0.39 is 11.0 Å². The van der Waals surface area contributed by atoms with Crippen LogP contribution in [0.25, 0.3) is 10.9 Å². The van der Waals surface area contributed by atoms with Crippen molar-refractivity contribution in [1.29, 1.82) is 0 Å². The van der Waals surface area contributed by atoms with Gasteiger partial charge < -0.3 is 14.6 Å². The summed E-state index contributed by atoms with van der Waals surface area (Å²) in [6.07, 6.45) is 0.863. The van der Waals surface area contributed by atoms with Gasteiger partial charge in [0.25, 0.3) is 5.69 Å². The summed E-state index contributed by atoms with van der Waals surface area (Å²) >= 11 is 0. The molecule has 1 aromatic heterocycles. The number of nitro benzene ring substituents is 1. The fraction of sp³-hybridized carbons (Fsp3) is 0.462. The van der Waals surface area contributed by atoms with E-state index in [0.29, 0.717) is 18.7 Å². The summed E-state index contributed by atoms with van der Waals surface area (Å²) in [5.41, 5.74) is 0.607. The Hall–Kier alpha value is -2.03. The first-order valence-corrected chi connectivity index (χ1v) is 6.46. The van der Waals surface area contributed by atoms with E-state index in [2.05, 4.69) is 5.10 Å². The van der Waals surface area contributed by atoms with Crippen LogP contribution in [0.4, 0.5) is 5.69 Å². The second kappa shape index (κ2) is 7.11. The van der Waals surface area contributed by atoms with Gasteiger partial charge in [0.15, 0.2) is 0 Å². The van der Waals surface area contributed by atoms with Crippen molar-refractivity contribution in [2.24, 2.45) is 0 Å². The van der Waals surface area contributed by atoms with Gasteiger partial charge in [0, 0.05) is 24.6 Å². The summed E-state index contributed by atoms with van der Waals surface area (Å²) in [6.45, 7) is 1.22. The van der Waals surface area contributed by atoms with Crippen molar-refractivity contribution in [2.45, 2.75) is 12.6 Å². The highest BCUT2D eigenvalue weighted by Crippen LogP contribution is 2.20. The summed E-state index contributed by atoms with van der Waals surface area (Å²) in [5, 5.41) is 25.6. The highest BCUT2D eigenvalue weighted by Gasteiger charge is 2.13. The monoisotopic (exact) mass is 295 g/mol. The Labute approximate surface area is 121 Å². The topological polar surface area (TPSA) is 99.7 Å². The molecule has 0 fully saturated rings. The van der Waals surface area contributed by atoms with E-state index in [4.69, 9.17) is 9.47 Å². The normalized spacial score (nSPS) is 12.7. The van der Waals surface area contributed by atoms with E-state index in [1.807, 2.05) is 0 Å². The molecule has 0 saturated carbocycles. The van der Waals surface area contributed by atoms with Crippen LogP contribution in [0.2, 0.25) is 0 Å². The lowest BCUT2D eigenvalue weighted by Crippen LogP contribution is -2.23. The van der Waals surface area contributed by atoms with Crippen LogP contribution in [-0.2, 0) is 16.0 Å².